The Hall–Kier alpha value is -0.960. The first-order valence-electron chi connectivity index (χ1n) is 6.69. The number of unbranched alkanes of at least 4 members (excludes halogenated alkanes) is 1. The summed E-state index contributed by atoms with van der Waals surface area (Å²) in [5.74, 6) is -0.788. The molecule has 0 saturated carbocycles. The van der Waals surface area contributed by atoms with Gasteiger partial charge in [-0.05, 0) is 31.9 Å². The van der Waals surface area contributed by atoms with Gasteiger partial charge in [0, 0.05) is 11.6 Å². The Kier molecular flexibility index (Phi) is 6.27. The van der Waals surface area contributed by atoms with E-state index in [9.17, 15) is 8.78 Å². The van der Waals surface area contributed by atoms with Crippen molar-refractivity contribution < 1.29 is 8.78 Å². The van der Waals surface area contributed by atoms with Crippen LogP contribution in [0.2, 0.25) is 0 Å². The van der Waals surface area contributed by atoms with E-state index in [2.05, 4.69) is 19.2 Å². The quantitative estimate of drug-likeness (QED) is 0.710. The summed E-state index contributed by atoms with van der Waals surface area (Å²) in [4.78, 5) is 0. The van der Waals surface area contributed by atoms with Gasteiger partial charge >= 0.3 is 0 Å². The van der Waals surface area contributed by atoms with Crippen LogP contribution in [0.25, 0.3) is 0 Å². The van der Waals surface area contributed by atoms with Crippen molar-refractivity contribution in [1.82, 2.24) is 5.32 Å². The highest BCUT2D eigenvalue weighted by atomic mass is 19.2. The lowest BCUT2D eigenvalue weighted by Gasteiger charge is -2.15. The summed E-state index contributed by atoms with van der Waals surface area (Å²) < 4.78 is 26.6. The van der Waals surface area contributed by atoms with Gasteiger partial charge in [-0.3, -0.25) is 0 Å². The molecule has 0 aliphatic carbocycles. The first kappa shape index (κ1) is 15.1. The van der Waals surface area contributed by atoms with Gasteiger partial charge in [-0.25, -0.2) is 8.78 Å². The van der Waals surface area contributed by atoms with Crippen LogP contribution in [0.15, 0.2) is 18.2 Å². The van der Waals surface area contributed by atoms with E-state index in [1.165, 1.54) is 12.8 Å². The Morgan fingerprint density at radius 2 is 1.83 bits per heavy atom. The zero-order valence-electron chi connectivity index (χ0n) is 11.5. The number of rotatable bonds is 7. The minimum atomic E-state index is -0.777. The van der Waals surface area contributed by atoms with Crippen LogP contribution in [0.1, 0.15) is 51.6 Å². The molecule has 1 nitrogen and oxygen atoms in total. The third kappa shape index (κ3) is 4.73. The number of halogens is 2. The summed E-state index contributed by atoms with van der Waals surface area (Å²) in [5, 5.41) is 3.23. The fourth-order valence-electron chi connectivity index (χ4n) is 1.96. The summed E-state index contributed by atoms with van der Waals surface area (Å²) in [6, 6.07) is 4.17. The molecule has 0 saturated heterocycles. The molecule has 102 valence electrons. The van der Waals surface area contributed by atoms with Crippen LogP contribution in [-0.2, 0) is 0 Å². The molecule has 1 unspecified atom stereocenters. The van der Waals surface area contributed by atoms with E-state index >= 15 is 0 Å². The lowest BCUT2D eigenvalue weighted by Crippen LogP contribution is -2.21. The van der Waals surface area contributed by atoms with Crippen molar-refractivity contribution in [1.29, 1.82) is 0 Å². The van der Waals surface area contributed by atoms with Crippen molar-refractivity contribution in [3.8, 4) is 0 Å². The molecule has 1 atom stereocenters. The number of benzene rings is 1. The molecule has 0 radical (unpaired) electrons. The molecule has 0 bridgehead atoms. The van der Waals surface area contributed by atoms with E-state index in [1.54, 1.807) is 12.1 Å². The van der Waals surface area contributed by atoms with Crippen LogP contribution in [0.4, 0.5) is 8.78 Å². The standard InChI is InChI=1S/C15H23F2N/c1-11(2)7-4-5-10-18-12(3)13-8-6-9-14(16)15(13)17/h6,8-9,11-12,18H,4-5,7,10H2,1-3H3. The fraction of sp³-hybridized carbons (Fsp3) is 0.600. The Morgan fingerprint density at radius 1 is 1.11 bits per heavy atom. The summed E-state index contributed by atoms with van der Waals surface area (Å²) in [6.07, 6.45) is 3.45. The average molecular weight is 255 g/mol. The molecule has 3 heteroatoms. The van der Waals surface area contributed by atoms with Crippen molar-refractivity contribution in [3.05, 3.63) is 35.4 Å². The van der Waals surface area contributed by atoms with E-state index in [0.717, 1.165) is 24.9 Å². The Morgan fingerprint density at radius 3 is 2.50 bits per heavy atom. The molecule has 0 aliphatic heterocycles. The van der Waals surface area contributed by atoms with Gasteiger partial charge in [0.2, 0.25) is 0 Å². The minimum Gasteiger partial charge on any atom is -0.310 e. The first-order valence-corrected chi connectivity index (χ1v) is 6.69. The molecule has 0 aliphatic rings. The first-order chi connectivity index (χ1) is 8.52. The molecule has 1 rings (SSSR count). The number of hydrogen-bond donors (Lipinski definition) is 1. The molecular weight excluding hydrogens is 232 g/mol. The van der Waals surface area contributed by atoms with Crippen molar-refractivity contribution in [2.75, 3.05) is 6.54 Å². The lowest BCUT2D eigenvalue weighted by atomic mass is 10.1. The predicted octanol–water partition coefficient (Wildman–Crippen LogP) is 4.44. The normalized spacial score (nSPS) is 13.0. The van der Waals surface area contributed by atoms with E-state index in [1.807, 2.05) is 6.92 Å². The maximum Gasteiger partial charge on any atom is 0.163 e. The van der Waals surface area contributed by atoms with Gasteiger partial charge in [-0.2, -0.15) is 0 Å². The van der Waals surface area contributed by atoms with E-state index in [4.69, 9.17) is 0 Å². The highest BCUT2D eigenvalue weighted by molar-refractivity contribution is 5.21. The second-order valence-corrected chi connectivity index (χ2v) is 5.21. The molecular formula is C15H23F2N. The van der Waals surface area contributed by atoms with Crippen LogP contribution in [-0.4, -0.2) is 6.54 Å². The highest BCUT2D eigenvalue weighted by Crippen LogP contribution is 2.18. The van der Waals surface area contributed by atoms with Gasteiger partial charge in [-0.15, -0.1) is 0 Å². The van der Waals surface area contributed by atoms with Gasteiger partial charge < -0.3 is 5.32 Å². The van der Waals surface area contributed by atoms with Gasteiger partial charge in [-0.1, -0.05) is 38.8 Å². The van der Waals surface area contributed by atoms with E-state index in [0.29, 0.717) is 5.56 Å². The minimum absolute atomic E-state index is 0.153. The molecule has 1 aromatic rings. The van der Waals surface area contributed by atoms with Crippen molar-refractivity contribution in [3.63, 3.8) is 0 Å². The topological polar surface area (TPSA) is 12.0 Å². The van der Waals surface area contributed by atoms with Crippen LogP contribution in [0, 0.1) is 17.6 Å². The highest BCUT2D eigenvalue weighted by Gasteiger charge is 2.13. The molecule has 0 spiro atoms. The molecule has 18 heavy (non-hydrogen) atoms. The third-order valence-corrected chi connectivity index (χ3v) is 3.11. The second kappa shape index (κ2) is 7.47. The summed E-state index contributed by atoms with van der Waals surface area (Å²) in [5.41, 5.74) is 0.402. The van der Waals surface area contributed by atoms with Gasteiger partial charge in [0.1, 0.15) is 0 Å². The third-order valence-electron chi connectivity index (χ3n) is 3.11. The Balaban J connectivity index is 2.36. The van der Waals surface area contributed by atoms with Crippen molar-refractivity contribution in [2.45, 2.75) is 46.1 Å². The van der Waals surface area contributed by atoms with Gasteiger partial charge in [0.15, 0.2) is 11.6 Å². The van der Waals surface area contributed by atoms with Crippen LogP contribution in [0.3, 0.4) is 0 Å². The molecule has 0 aromatic heterocycles. The van der Waals surface area contributed by atoms with Crippen LogP contribution in [0.5, 0.6) is 0 Å². The Bertz CT molecular complexity index is 364. The van der Waals surface area contributed by atoms with Gasteiger partial charge in [0.25, 0.3) is 0 Å². The van der Waals surface area contributed by atoms with Crippen LogP contribution < -0.4 is 5.32 Å². The second-order valence-electron chi connectivity index (χ2n) is 5.21. The number of hydrogen-bond acceptors (Lipinski definition) is 1. The zero-order valence-corrected chi connectivity index (χ0v) is 11.5. The fourth-order valence-corrected chi connectivity index (χ4v) is 1.96. The number of nitrogens with one attached hydrogen (secondary N) is 1. The SMILES string of the molecule is CC(C)CCCCNC(C)c1cccc(F)c1F. The molecule has 0 amide bonds. The molecule has 1 aromatic carbocycles. The average Bonchev–Trinajstić information content (AvgIpc) is 2.31. The molecule has 1 N–H and O–H groups in total. The summed E-state index contributed by atoms with van der Waals surface area (Å²) in [7, 11) is 0. The van der Waals surface area contributed by atoms with Crippen molar-refractivity contribution in [2.24, 2.45) is 5.92 Å². The van der Waals surface area contributed by atoms with Crippen LogP contribution >= 0.6 is 0 Å². The van der Waals surface area contributed by atoms with E-state index in [-0.39, 0.29) is 6.04 Å². The lowest BCUT2D eigenvalue weighted by molar-refractivity contribution is 0.462. The molecule has 0 fully saturated rings. The van der Waals surface area contributed by atoms with Gasteiger partial charge in [0.05, 0.1) is 0 Å². The smallest absolute Gasteiger partial charge is 0.163 e. The largest absolute Gasteiger partial charge is 0.310 e. The predicted molar refractivity (Wildman–Crippen MR) is 71.5 cm³/mol. The maximum atomic E-state index is 13.5. The van der Waals surface area contributed by atoms with Crippen molar-refractivity contribution >= 4 is 0 Å². The Labute approximate surface area is 109 Å². The monoisotopic (exact) mass is 255 g/mol. The molecule has 0 heterocycles. The van der Waals surface area contributed by atoms with E-state index < -0.39 is 11.6 Å². The zero-order chi connectivity index (χ0) is 13.5. The maximum absolute atomic E-state index is 13.5. The summed E-state index contributed by atoms with van der Waals surface area (Å²) >= 11 is 0. The summed E-state index contributed by atoms with van der Waals surface area (Å²) in [6.45, 7) is 7.11.